The van der Waals surface area contributed by atoms with Crippen molar-refractivity contribution in [1.29, 1.82) is 0 Å². The van der Waals surface area contributed by atoms with Gasteiger partial charge in [-0.2, -0.15) is 0 Å². The maximum absolute atomic E-state index is 5.09. The van der Waals surface area contributed by atoms with Crippen molar-refractivity contribution < 1.29 is 0 Å². The minimum absolute atomic E-state index is 0.792. The molecule has 0 aliphatic heterocycles. The quantitative estimate of drug-likeness (QED) is 0.133. The van der Waals surface area contributed by atoms with Gasteiger partial charge >= 0.3 is 0 Å². The van der Waals surface area contributed by atoms with Crippen LogP contribution < -0.4 is 0 Å². The summed E-state index contributed by atoms with van der Waals surface area (Å²) < 4.78 is 13.0. The monoisotopic (exact) mass is 1460 g/mol. The minimum Gasteiger partial charge on any atom is -0.294 e. The Labute approximate surface area is 648 Å². The Morgan fingerprint density at radius 3 is 0.702 bits per heavy atom. The molecule has 0 aliphatic rings. The molecule has 24 rings (SSSR count). The highest BCUT2D eigenvalue weighted by Crippen LogP contribution is 2.39. The van der Waals surface area contributed by atoms with Gasteiger partial charge in [0.05, 0.1) is 102 Å². The van der Waals surface area contributed by atoms with E-state index in [1.54, 1.807) is 0 Å². The molecule has 6 aromatic carbocycles. The highest BCUT2D eigenvalue weighted by molar-refractivity contribution is 6.13. The van der Waals surface area contributed by atoms with Crippen molar-refractivity contribution in [3.05, 3.63) is 365 Å². The number of rotatable bonds is 9. The molecular weight excluding hydrogens is 1410 g/mol. The van der Waals surface area contributed by atoms with Crippen LogP contribution in [0.15, 0.2) is 365 Å². The lowest BCUT2D eigenvalue weighted by atomic mass is 10.2. The van der Waals surface area contributed by atoms with Crippen LogP contribution in [0.5, 0.6) is 0 Å². The Morgan fingerprint density at radius 1 is 0.149 bits per heavy atom. The molecule has 0 amide bonds. The molecule has 0 unspecified atom stereocenters. The SMILES string of the molecule is c1cc(-c2cccc(-n3c4ccccc4c4cccnc43)n2)nc(-n2c3ccccc3c3cccnc32)c1.c1cc(-c2cccc(-n3c4ccccc4c4ccncc43)n2)nc(-n2c3ccccc3c3ccncc32)c1.c1cc(-c2cccc(-n3c4ccccc4c4cnccc43)n2)nc(-n2c3ccccc3c3cnccc32)c1. The van der Waals surface area contributed by atoms with Crippen LogP contribution in [-0.2, 0) is 0 Å². The van der Waals surface area contributed by atoms with E-state index >= 15 is 0 Å². The van der Waals surface area contributed by atoms with Gasteiger partial charge in [0.15, 0.2) is 0 Å². The Morgan fingerprint density at radius 2 is 0.377 bits per heavy atom. The van der Waals surface area contributed by atoms with E-state index in [2.05, 4.69) is 205 Å². The molecule has 534 valence electrons. The van der Waals surface area contributed by atoms with E-state index in [0.29, 0.717) is 0 Å². The molecule has 0 fully saturated rings. The molecule has 24 aromatic rings. The number of nitrogens with zero attached hydrogens (tertiary/aromatic N) is 18. The zero-order valence-corrected chi connectivity index (χ0v) is 60.7. The summed E-state index contributed by atoms with van der Waals surface area (Å²) in [5.41, 5.74) is 17.3. The first-order valence-electron chi connectivity index (χ1n) is 37.5. The van der Waals surface area contributed by atoms with Crippen LogP contribution in [0.25, 0.3) is 200 Å². The summed E-state index contributed by atoms with van der Waals surface area (Å²) in [5.74, 6) is 4.95. The van der Waals surface area contributed by atoms with Gasteiger partial charge in [-0.3, -0.25) is 47.3 Å². The molecule has 114 heavy (non-hydrogen) atoms. The third-order valence-electron chi connectivity index (χ3n) is 21.3. The van der Waals surface area contributed by atoms with Gasteiger partial charge in [-0.1, -0.05) is 146 Å². The molecular formula is C96H60N18. The summed E-state index contributed by atoms with van der Waals surface area (Å²) >= 11 is 0. The standard InChI is InChI=1S/3C32H20N6/c1-3-15-27-21(9-1)23-11-7-19-33-31(23)37(27)29-17-5-13-25(35-29)26-14-6-18-30(36-26)38-28-16-4-2-10-22(28)24-12-8-20-34-32(24)38;1-3-11-27-21(7-1)23-19-33-17-15-29(23)37(27)31-13-5-9-25(35-31)26-10-6-14-32(36-26)38-28-12-4-2-8-22(28)24-20-34-18-16-30(24)38;1-3-11-27-21(7-1)23-15-17-33-19-29(23)37(27)31-13-5-9-25(35-31)26-10-6-14-32(36-26)38-28-12-4-2-8-22(28)24-16-18-34-20-30(24)38/h3*1-20H. The van der Waals surface area contributed by atoms with Gasteiger partial charge in [0, 0.05) is 114 Å². The number of benzene rings is 6. The summed E-state index contributed by atoms with van der Waals surface area (Å²) in [6, 6.07) is 103. The van der Waals surface area contributed by atoms with Crippen molar-refractivity contribution in [2.75, 3.05) is 0 Å². The summed E-state index contributed by atoms with van der Waals surface area (Å²) in [4.78, 5) is 57.4. The van der Waals surface area contributed by atoms with Crippen LogP contribution in [0.1, 0.15) is 0 Å². The van der Waals surface area contributed by atoms with Crippen molar-refractivity contribution in [3.8, 4) is 69.1 Å². The van der Waals surface area contributed by atoms with Gasteiger partial charge in [0.2, 0.25) is 0 Å². The van der Waals surface area contributed by atoms with E-state index in [9.17, 15) is 0 Å². The number of hydrogen-bond donors (Lipinski definition) is 0. The maximum Gasteiger partial charge on any atom is 0.146 e. The lowest BCUT2D eigenvalue weighted by molar-refractivity contribution is 1.04. The van der Waals surface area contributed by atoms with Gasteiger partial charge in [0.25, 0.3) is 0 Å². The van der Waals surface area contributed by atoms with Gasteiger partial charge < -0.3 is 0 Å². The molecule has 0 saturated heterocycles. The number of hydrogen-bond acceptors (Lipinski definition) is 12. The third kappa shape index (κ3) is 10.7. The second-order valence-electron chi connectivity index (χ2n) is 27.7. The van der Waals surface area contributed by atoms with Gasteiger partial charge in [-0.15, -0.1) is 0 Å². The largest absolute Gasteiger partial charge is 0.294 e. The highest BCUT2D eigenvalue weighted by atomic mass is 15.1. The van der Waals surface area contributed by atoms with Gasteiger partial charge in [-0.05, 0) is 158 Å². The maximum atomic E-state index is 5.09. The molecule has 18 aromatic heterocycles. The predicted molar refractivity (Wildman–Crippen MR) is 455 cm³/mol. The predicted octanol–water partition coefficient (Wildman–Crippen LogP) is 21.4. The molecule has 18 heterocycles. The minimum atomic E-state index is 0.792. The molecule has 0 atom stereocenters. The Bertz CT molecular complexity index is 6410. The average molecular weight is 1470 g/mol. The van der Waals surface area contributed by atoms with Crippen LogP contribution in [0, 0.1) is 0 Å². The van der Waals surface area contributed by atoms with E-state index in [1.807, 2.05) is 208 Å². The van der Waals surface area contributed by atoms with Crippen molar-refractivity contribution in [2.24, 2.45) is 0 Å². The third-order valence-corrected chi connectivity index (χ3v) is 21.3. The van der Waals surface area contributed by atoms with Gasteiger partial charge in [0.1, 0.15) is 46.2 Å². The fraction of sp³-hybridized carbons (Fsp3) is 0. The zero-order chi connectivity index (χ0) is 75.2. The molecule has 0 bridgehead atoms. The normalized spacial score (nSPS) is 11.7. The fourth-order valence-corrected chi connectivity index (χ4v) is 16.5. The van der Waals surface area contributed by atoms with E-state index in [0.717, 1.165) is 189 Å². The fourth-order valence-electron chi connectivity index (χ4n) is 16.5. The van der Waals surface area contributed by atoms with Crippen LogP contribution in [0.2, 0.25) is 0 Å². The van der Waals surface area contributed by atoms with Gasteiger partial charge in [-0.25, -0.2) is 39.9 Å². The van der Waals surface area contributed by atoms with Crippen LogP contribution >= 0.6 is 0 Å². The Balaban J connectivity index is 0.000000104. The highest BCUT2D eigenvalue weighted by Gasteiger charge is 2.22. The summed E-state index contributed by atoms with van der Waals surface area (Å²) in [6.07, 6.45) is 18.6. The van der Waals surface area contributed by atoms with E-state index in [-0.39, 0.29) is 0 Å². The molecule has 18 heteroatoms. The topological polar surface area (TPSA) is 184 Å². The van der Waals surface area contributed by atoms with E-state index < -0.39 is 0 Å². The van der Waals surface area contributed by atoms with E-state index in [1.165, 1.54) is 10.8 Å². The lowest BCUT2D eigenvalue weighted by Crippen LogP contribution is -2.02. The Hall–Kier alpha value is -16.1. The number of fused-ring (bicyclic) bond motifs is 18. The van der Waals surface area contributed by atoms with Crippen molar-refractivity contribution in [1.82, 2.24) is 87.2 Å². The van der Waals surface area contributed by atoms with Crippen molar-refractivity contribution in [2.45, 2.75) is 0 Å². The molecule has 0 radical (unpaired) electrons. The first-order chi connectivity index (χ1) is 56.6. The Kier molecular flexibility index (Phi) is 15.4. The summed E-state index contributed by atoms with van der Waals surface area (Å²) in [5, 5.41) is 13.7. The second-order valence-corrected chi connectivity index (χ2v) is 27.7. The van der Waals surface area contributed by atoms with Crippen LogP contribution in [0.4, 0.5) is 0 Å². The molecule has 18 nitrogen and oxygen atoms in total. The average Bonchev–Trinajstić information content (AvgIpc) is 1.63. The molecule has 0 saturated carbocycles. The zero-order valence-electron chi connectivity index (χ0n) is 60.7. The first kappa shape index (κ1) is 65.0. The van der Waals surface area contributed by atoms with Crippen molar-refractivity contribution in [3.63, 3.8) is 0 Å². The smallest absolute Gasteiger partial charge is 0.146 e. The van der Waals surface area contributed by atoms with Crippen molar-refractivity contribution >= 4 is 131 Å². The summed E-state index contributed by atoms with van der Waals surface area (Å²) in [7, 11) is 0. The van der Waals surface area contributed by atoms with Crippen LogP contribution in [0.3, 0.4) is 0 Å². The number of pyridine rings is 12. The number of para-hydroxylation sites is 6. The first-order valence-corrected chi connectivity index (χ1v) is 37.5. The second kappa shape index (κ2) is 26.9. The van der Waals surface area contributed by atoms with Crippen LogP contribution in [-0.4, -0.2) is 87.2 Å². The van der Waals surface area contributed by atoms with E-state index in [4.69, 9.17) is 39.9 Å². The number of aromatic nitrogens is 18. The molecule has 0 N–H and O–H groups in total. The molecule has 0 spiro atoms. The lowest BCUT2D eigenvalue weighted by Gasteiger charge is -2.11. The summed E-state index contributed by atoms with van der Waals surface area (Å²) in [6.45, 7) is 0. The molecule has 0 aliphatic carbocycles.